The number of carbonyl (C=O) groups is 1. The summed E-state index contributed by atoms with van der Waals surface area (Å²) in [4.78, 5) is 14.0. The molecule has 0 N–H and O–H groups in total. The van der Waals surface area contributed by atoms with Crippen molar-refractivity contribution in [3.63, 3.8) is 0 Å². The van der Waals surface area contributed by atoms with E-state index in [9.17, 15) is 13.2 Å². The maximum absolute atomic E-state index is 12.7. The molecule has 1 heterocycles. The summed E-state index contributed by atoms with van der Waals surface area (Å²) in [5.74, 6) is -0.341. The Morgan fingerprint density at radius 3 is 2.38 bits per heavy atom. The fraction of sp³-hybridized carbons (Fsp3) is 0.462. The highest BCUT2D eigenvalue weighted by atomic mass is 35.7. The zero-order chi connectivity index (χ0) is 16.0. The molecule has 1 amide bonds. The number of halogens is 3. The highest BCUT2D eigenvalue weighted by Gasteiger charge is 2.37. The summed E-state index contributed by atoms with van der Waals surface area (Å²) in [5, 5.41) is -0.0962. The second-order valence-corrected chi connectivity index (χ2v) is 8.92. The Hall–Kier alpha value is -0.490. The fourth-order valence-electron chi connectivity index (χ4n) is 2.53. The average molecular weight is 371 g/mol. The predicted molar refractivity (Wildman–Crippen MR) is 83.9 cm³/mol. The molecule has 0 spiro atoms. The molecule has 1 fully saturated rings. The lowest BCUT2D eigenvalue weighted by atomic mass is 10.0. The molecule has 4 nitrogen and oxygen atoms in total. The minimum atomic E-state index is -4.08. The van der Waals surface area contributed by atoms with E-state index in [2.05, 4.69) is 0 Å². The van der Waals surface area contributed by atoms with Crippen LogP contribution in [0.2, 0.25) is 10.0 Å². The Morgan fingerprint density at radius 2 is 1.90 bits per heavy atom. The Morgan fingerprint density at radius 1 is 1.29 bits per heavy atom. The molecule has 0 aromatic heterocycles. The number of carbonyl (C=O) groups excluding carboxylic acids is 1. The molecule has 8 heteroatoms. The first-order valence-corrected chi connectivity index (χ1v) is 9.36. The van der Waals surface area contributed by atoms with E-state index in [1.54, 1.807) is 4.90 Å². The molecule has 1 aromatic rings. The summed E-state index contributed by atoms with van der Waals surface area (Å²) in [5.41, 5.74) is -0.249. The monoisotopic (exact) mass is 369 g/mol. The van der Waals surface area contributed by atoms with Gasteiger partial charge in [0.1, 0.15) is 4.90 Å². The average Bonchev–Trinajstić information content (AvgIpc) is 2.69. The van der Waals surface area contributed by atoms with Gasteiger partial charge in [-0.3, -0.25) is 4.79 Å². The van der Waals surface area contributed by atoms with E-state index < -0.39 is 9.05 Å². The number of hydrogen-bond donors (Lipinski definition) is 0. The number of rotatable bonds is 2. The number of likely N-dealkylation sites (tertiary alicyclic amines) is 1. The van der Waals surface area contributed by atoms with E-state index in [1.807, 2.05) is 13.8 Å². The summed E-state index contributed by atoms with van der Waals surface area (Å²) in [6.07, 6.45) is 1.76. The molecule has 0 saturated carbocycles. The van der Waals surface area contributed by atoms with Crippen LogP contribution in [0.1, 0.15) is 37.0 Å². The van der Waals surface area contributed by atoms with Crippen LogP contribution in [0.25, 0.3) is 0 Å². The van der Waals surface area contributed by atoms with Crippen molar-refractivity contribution < 1.29 is 13.2 Å². The molecular weight excluding hydrogens is 357 g/mol. The van der Waals surface area contributed by atoms with Gasteiger partial charge in [0.05, 0.1) is 10.6 Å². The Balaban J connectivity index is 2.55. The van der Waals surface area contributed by atoms with Gasteiger partial charge in [-0.2, -0.15) is 0 Å². The van der Waals surface area contributed by atoms with Gasteiger partial charge in [0.15, 0.2) is 0 Å². The first-order chi connectivity index (χ1) is 9.54. The summed E-state index contributed by atoms with van der Waals surface area (Å²) in [6, 6.07) is 2.50. The smallest absolute Gasteiger partial charge is 0.262 e. The highest BCUT2D eigenvalue weighted by Crippen LogP contribution is 2.35. The molecule has 0 unspecified atom stereocenters. The Labute approximate surface area is 138 Å². The third-order valence-electron chi connectivity index (χ3n) is 3.64. The number of amides is 1. The quantitative estimate of drug-likeness (QED) is 0.741. The zero-order valence-electron chi connectivity index (χ0n) is 11.5. The van der Waals surface area contributed by atoms with Gasteiger partial charge in [-0.25, -0.2) is 8.42 Å². The second-order valence-electron chi connectivity index (χ2n) is 5.58. The van der Waals surface area contributed by atoms with Crippen LogP contribution in [0, 0.1) is 0 Å². The van der Waals surface area contributed by atoms with E-state index in [0.717, 1.165) is 18.9 Å². The Kier molecular flexibility index (Phi) is 4.51. The lowest BCUT2D eigenvalue weighted by Gasteiger charge is -2.32. The molecule has 0 atom stereocenters. The molecule has 0 radical (unpaired) electrons. The van der Waals surface area contributed by atoms with Crippen LogP contribution >= 0.6 is 33.9 Å². The maximum atomic E-state index is 12.7. The normalized spacial score (nSPS) is 18.0. The van der Waals surface area contributed by atoms with E-state index in [4.69, 9.17) is 33.9 Å². The predicted octanol–water partition coefficient (Wildman–Crippen LogP) is 3.94. The first kappa shape index (κ1) is 16.9. The second kappa shape index (κ2) is 5.61. The van der Waals surface area contributed by atoms with Gasteiger partial charge < -0.3 is 4.90 Å². The lowest BCUT2D eigenvalue weighted by Crippen LogP contribution is -2.42. The van der Waals surface area contributed by atoms with Crippen molar-refractivity contribution >= 4 is 48.8 Å². The number of hydrogen-bond acceptors (Lipinski definition) is 3. The van der Waals surface area contributed by atoms with E-state index in [0.29, 0.717) is 6.54 Å². The van der Waals surface area contributed by atoms with Gasteiger partial charge in [0.2, 0.25) is 0 Å². The van der Waals surface area contributed by atoms with Gasteiger partial charge in [-0.15, -0.1) is 0 Å². The standard InChI is InChI=1S/C13H14Cl3NO3S/c1-13(2)4-3-5-17(13)12(18)9-6-8(14)7-10(11(9)15)21(16,19)20/h6-7H,3-5H2,1-2H3. The summed E-state index contributed by atoms with van der Waals surface area (Å²) in [6.45, 7) is 4.50. The van der Waals surface area contributed by atoms with Gasteiger partial charge >= 0.3 is 0 Å². The van der Waals surface area contributed by atoms with Crippen LogP contribution in [-0.2, 0) is 9.05 Å². The van der Waals surface area contributed by atoms with Crippen molar-refractivity contribution in [1.29, 1.82) is 0 Å². The molecular formula is C13H14Cl3NO3S. The SMILES string of the molecule is CC1(C)CCCN1C(=O)c1cc(Cl)cc(S(=O)(=O)Cl)c1Cl. The van der Waals surface area contributed by atoms with Crippen LogP contribution in [0.5, 0.6) is 0 Å². The molecule has 1 aliphatic heterocycles. The maximum Gasteiger partial charge on any atom is 0.262 e. The molecule has 0 bridgehead atoms. The van der Waals surface area contributed by atoms with Crippen molar-refractivity contribution in [3.8, 4) is 0 Å². The highest BCUT2D eigenvalue weighted by molar-refractivity contribution is 8.13. The third-order valence-corrected chi connectivity index (χ3v) is 5.73. The molecule has 116 valence electrons. The minimum Gasteiger partial charge on any atom is -0.333 e. The first-order valence-electron chi connectivity index (χ1n) is 6.30. The molecule has 0 aliphatic carbocycles. The fourth-order valence-corrected chi connectivity index (χ4v) is 4.38. The topological polar surface area (TPSA) is 54.5 Å². The van der Waals surface area contributed by atoms with E-state index in [1.165, 1.54) is 6.07 Å². The van der Waals surface area contributed by atoms with Crippen molar-refractivity contribution in [1.82, 2.24) is 4.90 Å². The van der Waals surface area contributed by atoms with Crippen LogP contribution in [0.3, 0.4) is 0 Å². The van der Waals surface area contributed by atoms with Gasteiger partial charge in [-0.05, 0) is 38.8 Å². The third kappa shape index (κ3) is 3.31. The van der Waals surface area contributed by atoms with Crippen molar-refractivity contribution in [3.05, 3.63) is 27.7 Å². The molecule has 1 aromatic carbocycles. The van der Waals surface area contributed by atoms with Crippen molar-refractivity contribution in [2.75, 3.05) is 6.54 Å². The number of benzene rings is 1. The molecule has 1 saturated heterocycles. The van der Waals surface area contributed by atoms with Gasteiger partial charge in [0, 0.05) is 27.8 Å². The van der Waals surface area contributed by atoms with Crippen LogP contribution in [0.15, 0.2) is 17.0 Å². The number of nitrogens with zero attached hydrogens (tertiary/aromatic N) is 1. The molecule has 2 rings (SSSR count). The van der Waals surface area contributed by atoms with E-state index >= 15 is 0 Å². The van der Waals surface area contributed by atoms with Crippen molar-refractivity contribution in [2.45, 2.75) is 37.1 Å². The largest absolute Gasteiger partial charge is 0.333 e. The van der Waals surface area contributed by atoms with Crippen LogP contribution < -0.4 is 0 Å². The minimum absolute atomic E-state index is 0.0540. The van der Waals surface area contributed by atoms with E-state index in [-0.39, 0.29) is 32.0 Å². The lowest BCUT2D eigenvalue weighted by molar-refractivity contribution is 0.0652. The summed E-state index contributed by atoms with van der Waals surface area (Å²) < 4.78 is 23.1. The van der Waals surface area contributed by atoms with Gasteiger partial charge in [-0.1, -0.05) is 23.2 Å². The van der Waals surface area contributed by atoms with Crippen LogP contribution in [-0.4, -0.2) is 31.3 Å². The summed E-state index contributed by atoms with van der Waals surface area (Å²) in [7, 11) is 1.25. The van der Waals surface area contributed by atoms with Crippen molar-refractivity contribution in [2.24, 2.45) is 0 Å². The van der Waals surface area contributed by atoms with Gasteiger partial charge in [0.25, 0.3) is 15.0 Å². The summed E-state index contributed by atoms with van der Waals surface area (Å²) >= 11 is 12.0. The molecule has 1 aliphatic rings. The Bertz CT molecular complexity index is 701. The zero-order valence-corrected chi connectivity index (χ0v) is 14.6. The van der Waals surface area contributed by atoms with Crippen LogP contribution in [0.4, 0.5) is 0 Å². The molecule has 21 heavy (non-hydrogen) atoms.